The molecule has 2 aromatic rings. The number of nitrogens with one attached hydrogen (secondary N) is 1. The van der Waals surface area contributed by atoms with Crippen molar-refractivity contribution in [2.24, 2.45) is 5.10 Å². The third kappa shape index (κ3) is 3.15. The highest BCUT2D eigenvalue weighted by Crippen LogP contribution is 2.09. The van der Waals surface area contributed by atoms with E-state index in [1.165, 1.54) is 11.8 Å². The molecule has 4 nitrogen and oxygen atoms in total. The SMILES string of the molecule is CC/C(=N\NC(=O)c1ccoc1C)c1ccc(C)cc1. The molecule has 104 valence electrons. The van der Waals surface area contributed by atoms with Crippen molar-refractivity contribution in [2.75, 3.05) is 0 Å². The largest absolute Gasteiger partial charge is 0.469 e. The number of aryl methyl sites for hydroxylation is 2. The fourth-order valence-corrected chi connectivity index (χ4v) is 1.89. The Hall–Kier alpha value is -2.36. The van der Waals surface area contributed by atoms with E-state index >= 15 is 0 Å². The van der Waals surface area contributed by atoms with Crippen molar-refractivity contribution >= 4 is 11.6 Å². The standard InChI is InChI=1S/C16H18N2O2/c1-4-15(13-7-5-11(2)6-8-13)17-18-16(19)14-9-10-20-12(14)3/h5-10H,4H2,1-3H3,(H,18,19)/b17-15+. The Morgan fingerprint density at radius 3 is 2.45 bits per heavy atom. The first kappa shape index (κ1) is 14.1. The molecule has 1 heterocycles. The Balaban J connectivity index is 2.14. The van der Waals surface area contributed by atoms with Crippen molar-refractivity contribution in [3.05, 3.63) is 59.0 Å². The number of amides is 1. The summed E-state index contributed by atoms with van der Waals surface area (Å²) >= 11 is 0. The molecule has 0 atom stereocenters. The number of hydrogen-bond acceptors (Lipinski definition) is 3. The molecule has 0 unspecified atom stereocenters. The predicted molar refractivity (Wildman–Crippen MR) is 78.9 cm³/mol. The maximum Gasteiger partial charge on any atom is 0.274 e. The minimum Gasteiger partial charge on any atom is -0.469 e. The van der Waals surface area contributed by atoms with E-state index in [4.69, 9.17) is 4.42 Å². The van der Waals surface area contributed by atoms with Crippen LogP contribution in [0.3, 0.4) is 0 Å². The van der Waals surface area contributed by atoms with E-state index in [1.54, 1.807) is 13.0 Å². The fraction of sp³-hybridized carbons (Fsp3) is 0.250. The number of carbonyl (C=O) groups excluding carboxylic acids is 1. The van der Waals surface area contributed by atoms with Crippen molar-refractivity contribution in [1.29, 1.82) is 0 Å². The molecule has 20 heavy (non-hydrogen) atoms. The van der Waals surface area contributed by atoms with E-state index < -0.39 is 0 Å². The average molecular weight is 270 g/mol. The van der Waals surface area contributed by atoms with Crippen LogP contribution in [0.1, 0.15) is 40.6 Å². The highest BCUT2D eigenvalue weighted by molar-refractivity contribution is 6.02. The average Bonchev–Trinajstić information content (AvgIpc) is 2.87. The molecule has 0 radical (unpaired) electrons. The van der Waals surface area contributed by atoms with Gasteiger partial charge in [-0.1, -0.05) is 36.8 Å². The first-order valence-corrected chi connectivity index (χ1v) is 6.60. The number of hydrazone groups is 1. The second-order valence-electron chi connectivity index (χ2n) is 4.61. The van der Waals surface area contributed by atoms with Crippen molar-refractivity contribution in [3.8, 4) is 0 Å². The number of hydrogen-bond donors (Lipinski definition) is 1. The second kappa shape index (κ2) is 6.19. The Kier molecular flexibility index (Phi) is 4.35. The van der Waals surface area contributed by atoms with Gasteiger partial charge < -0.3 is 4.42 Å². The minimum absolute atomic E-state index is 0.255. The van der Waals surface area contributed by atoms with Gasteiger partial charge in [-0.3, -0.25) is 4.79 Å². The Labute approximate surface area is 118 Å². The molecule has 0 aliphatic rings. The first-order chi connectivity index (χ1) is 9.61. The summed E-state index contributed by atoms with van der Waals surface area (Å²) < 4.78 is 5.11. The number of benzene rings is 1. The van der Waals surface area contributed by atoms with Crippen LogP contribution in [0.4, 0.5) is 0 Å². The molecule has 2 rings (SSSR count). The summed E-state index contributed by atoms with van der Waals surface area (Å²) in [4.78, 5) is 12.0. The van der Waals surface area contributed by atoms with Crippen molar-refractivity contribution in [3.63, 3.8) is 0 Å². The second-order valence-corrected chi connectivity index (χ2v) is 4.61. The van der Waals surface area contributed by atoms with Crippen molar-refractivity contribution in [1.82, 2.24) is 5.43 Å². The van der Waals surface area contributed by atoms with E-state index in [0.717, 1.165) is 17.7 Å². The quantitative estimate of drug-likeness (QED) is 0.683. The van der Waals surface area contributed by atoms with Crippen LogP contribution < -0.4 is 5.43 Å². The van der Waals surface area contributed by atoms with Gasteiger partial charge in [-0.2, -0.15) is 5.10 Å². The fourth-order valence-electron chi connectivity index (χ4n) is 1.89. The summed E-state index contributed by atoms with van der Waals surface area (Å²) in [6.45, 7) is 5.79. The van der Waals surface area contributed by atoms with Crippen LogP contribution in [0.15, 0.2) is 46.1 Å². The van der Waals surface area contributed by atoms with Gasteiger partial charge in [-0.15, -0.1) is 0 Å². The molecule has 1 aromatic heterocycles. The molecule has 0 fully saturated rings. The van der Waals surface area contributed by atoms with Crippen LogP contribution in [0.5, 0.6) is 0 Å². The zero-order valence-electron chi connectivity index (χ0n) is 11.9. The summed E-state index contributed by atoms with van der Waals surface area (Å²) in [5.74, 6) is 0.334. The lowest BCUT2D eigenvalue weighted by Crippen LogP contribution is -2.20. The summed E-state index contributed by atoms with van der Waals surface area (Å²) in [5.41, 5.74) is 6.15. The summed E-state index contributed by atoms with van der Waals surface area (Å²) in [5, 5.41) is 4.21. The molecule has 1 N–H and O–H groups in total. The molecule has 0 saturated heterocycles. The van der Waals surface area contributed by atoms with E-state index in [0.29, 0.717) is 11.3 Å². The molecule has 0 bridgehead atoms. The van der Waals surface area contributed by atoms with Crippen LogP contribution >= 0.6 is 0 Å². The predicted octanol–water partition coefficient (Wildman–Crippen LogP) is 3.44. The van der Waals surface area contributed by atoms with Crippen LogP contribution in [0.25, 0.3) is 0 Å². The van der Waals surface area contributed by atoms with Crippen molar-refractivity contribution in [2.45, 2.75) is 27.2 Å². The Morgan fingerprint density at radius 2 is 1.90 bits per heavy atom. The normalized spacial score (nSPS) is 11.4. The molecule has 1 amide bonds. The molecular weight excluding hydrogens is 252 g/mol. The van der Waals surface area contributed by atoms with Gasteiger partial charge in [0.05, 0.1) is 17.5 Å². The molecule has 0 spiro atoms. The zero-order valence-corrected chi connectivity index (χ0v) is 11.9. The van der Waals surface area contributed by atoms with E-state index in [9.17, 15) is 4.79 Å². The Bertz CT molecular complexity index is 624. The van der Waals surface area contributed by atoms with Crippen LogP contribution in [0, 0.1) is 13.8 Å². The van der Waals surface area contributed by atoms with E-state index in [1.807, 2.05) is 38.1 Å². The molecule has 1 aromatic carbocycles. The summed E-state index contributed by atoms with van der Waals surface area (Å²) in [6, 6.07) is 9.71. The van der Waals surface area contributed by atoms with Crippen molar-refractivity contribution < 1.29 is 9.21 Å². The van der Waals surface area contributed by atoms with Gasteiger partial charge in [0.1, 0.15) is 5.76 Å². The third-order valence-corrected chi connectivity index (χ3v) is 3.12. The topological polar surface area (TPSA) is 54.6 Å². The molecular formula is C16H18N2O2. The van der Waals surface area contributed by atoms with Crippen LogP contribution in [-0.4, -0.2) is 11.6 Å². The molecule has 0 aliphatic carbocycles. The molecule has 0 saturated carbocycles. The first-order valence-electron chi connectivity index (χ1n) is 6.60. The molecule has 4 heteroatoms. The lowest BCUT2D eigenvalue weighted by atomic mass is 10.1. The van der Waals surface area contributed by atoms with Crippen LogP contribution in [0.2, 0.25) is 0 Å². The number of rotatable bonds is 4. The van der Waals surface area contributed by atoms with E-state index in [-0.39, 0.29) is 5.91 Å². The van der Waals surface area contributed by atoms with Gasteiger partial charge in [0.15, 0.2) is 0 Å². The van der Waals surface area contributed by atoms with Crippen LogP contribution in [-0.2, 0) is 0 Å². The zero-order chi connectivity index (χ0) is 14.5. The summed E-state index contributed by atoms with van der Waals surface area (Å²) in [6.07, 6.45) is 2.24. The number of nitrogens with zero attached hydrogens (tertiary/aromatic N) is 1. The monoisotopic (exact) mass is 270 g/mol. The van der Waals surface area contributed by atoms with Gasteiger partial charge in [0.2, 0.25) is 0 Å². The van der Waals surface area contributed by atoms with E-state index in [2.05, 4.69) is 10.5 Å². The van der Waals surface area contributed by atoms with Gasteiger partial charge in [-0.25, -0.2) is 5.43 Å². The lowest BCUT2D eigenvalue weighted by Gasteiger charge is -2.05. The molecule has 0 aliphatic heterocycles. The van der Waals surface area contributed by atoms with Gasteiger partial charge >= 0.3 is 0 Å². The summed E-state index contributed by atoms with van der Waals surface area (Å²) in [7, 11) is 0. The smallest absolute Gasteiger partial charge is 0.274 e. The number of furan rings is 1. The number of carbonyl (C=O) groups is 1. The Morgan fingerprint density at radius 1 is 1.20 bits per heavy atom. The third-order valence-electron chi connectivity index (χ3n) is 3.12. The van der Waals surface area contributed by atoms with Gasteiger partial charge in [-0.05, 0) is 31.9 Å². The highest BCUT2D eigenvalue weighted by atomic mass is 16.3. The van der Waals surface area contributed by atoms with Gasteiger partial charge in [0, 0.05) is 0 Å². The maximum absolute atomic E-state index is 12.0. The van der Waals surface area contributed by atoms with Gasteiger partial charge in [0.25, 0.3) is 5.91 Å². The minimum atomic E-state index is -0.255. The maximum atomic E-state index is 12.0. The lowest BCUT2D eigenvalue weighted by molar-refractivity contribution is 0.0953. The highest BCUT2D eigenvalue weighted by Gasteiger charge is 2.11.